The van der Waals surface area contributed by atoms with Crippen molar-refractivity contribution in [2.24, 2.45) is 12.0 Å². The van der Waals surface area contributed by atoms with Crippen LogP contribution in [0.3, 0.4) is 0 Å². The van der Waals surface area contributed by atoms with E-state index in [1.165, 1.54) is 22.4 Å². The third-order valence-corrected chi connectivity index (χ3v) is 5.85. The summed E-state index contributed by atoms with van der Waals surface area (Å²) in [6.45, 7) is 15.6. The van der Waals surface area contributed by atoms with E-state index in [0.29, 0.717) is 13.1 Å². The summed E-state index contributed by atoms with van der Waals surface area (Å²) in [6.07, 6.45) is 0.552. The quantitative estimate of drug-likeness (QED) is 0.312. The fourth-order valence-electron chi connectivity index (χ4n) is 4.27. The Balaban J connectivity index is 0.00000363. The van der Waals surface area contributed by atoms with E-state index in [-0.39, 0.29) is 36.2 Å². The number of aromatic nitrogens is 2. The maximum absolute atomic E-state index is 5.89. The lowest BCUT2D eigenvalue weighted by Gasteiger charge is -2.35. The molecule has 2 unspecified atom stereocenters. The number of morpholine rings is 1. The van der Waals surface area contributed by atoms with Crippen LogP contribution < -0.4 is 10.6 Å². The van der Waals surface area contributed by atoms with Crippen LogP contribution in [0.5, 0.6) is 0 Å². The number of nitrogens with zero attached hydrogens (tertiary/aromatic N) is 4. The van der Waals surface area contributed by atoms with Crippen molar-refractivity contribution in [2.45, 2.75) is 66.5 Å². The van der Waals surface area contributed by atoms with E-state index >= 15 is 0 Å². The van der Waals surface area contributed by atoms with E-state index < -0.39 is 0 Å². The third kappa shape index (κ3) is 7.18. The SMILES string of the molecule is CCNC(=NCc1ccccc1CN1CC(C)OC(C)C1)NCc1c(C)nn(C)c1C.I. The Bertz CT molecular complexity index is 887. The Kier molecular flexibility index (Phi) is 10.4. The van der Waals surface area contributed by atoms with E-state index in [1.54, 1.807) is 0 Å². The maximum atomic E-state index is 5.89. The summed E-state index contributed by atoms with van der Waals surface area (Å²) in [4.78, 5) is 7.36. The molecule has 7 nitrogen and oxygen atoms in total. The molecule has 1 aliphatic rings. The molecule has 2 heterocycles. The summed E-state index contributed by atoms with van der Waals surface area (Å²) >= 11 is 0. The van der Waals surface area contributed by atoms with Crippen LogP contribution in [0.2, 0.25) is 0 Å². The zero-order valence-corrected chi connectivity index (χ0v) is 22.6. The molecule has 0 bridgehead atoms. The molecule has 2 N–H and O–H groups in total. The molecule has 1 saturated heterocycles. The number of halogens is 1. The molecule has 1 aromatic heterocycles. The van der Waals surface area contributed by atoms with Crippen LogP contribution in [0, 0.1) is 13.8 Å². The van der Waals surface area contributed by atoms with Crippen molar-refractivity contribution in [3.8, 4) is 0 Å². The zero-order valence-electron chi connectivity index (χ0n) is 20.3. The Morgan fingerprint density at radius 3 is 2.38 bits per heavy atom. The first-order valence-corrected chi connectivity index (χ1v) is 11.3. The first-order valence-electron chi connectivity index (χ1n) is 11.3. The first kappa shape index (κ1) is 26.6. The van der Waals surface area contributed by atoms with Crippen LogP contribution in [0.15, 0.2) is 29.3 Å². The van der Waals surface area contributed by atoms with E-state index in [2.05, 4.69) is 79.5 Å². The zero-order chi connectivity index (χ0) is 22.4. The van der Waals surface area contributed by atoms with Gasteiger partial charge in [0.1, 0.15) is 0 Å². The Labute approximate surface area is 210 Å². The number of aliphatic imine (C=N–C) groups is 1. The van der Waals surface area contributed by atoms with Crippen LogP contribution in [0.4, 0.5) is 0 Å². The van der Waals surface area contributed by atoms with Gasteiger partial charge in [-0.25, -0.2) is 4.99 Å². The number of hydrogen-bond acceptors (Lipinski definition) is 4. The van der Waals surface area contributed by atoms with Crippen molar-refractivity contribution < 1.29 is 4.74 Å². The summed E-state index contributed by atoms with van der Waals surface area (Å²) < 4.78 is 7.82. The molecule has 2 atom stereocenters. The van der Waals surface area contributed by atoms with Crippen molar-refractivity contribution in [3.05, 3.63) is 52.3 Å². The van der Waals surface area contributed by atoms with Gasteiger partial charge in [-0.3, -0.25) is 9.58 Å². The van der Waals surface area contributed by atoms with Crippen LogP contribution >= 0.6 is 24.0 Å². The number of guanidine groups is 1. The van der Waals surface area contributed by atoms with Crippen molar-refractivity contribution >= 4 is 29.9 Å². The highest BCUT2D eigenvalue weighted by Gasteiger charge is 2.22. The second-order valence-corrected chi connectivity index (χ2v) is 8.54. The smallest absolute Gasteiger partial charge is 0.191 e. The van der Waals surface area contributed by atoms with Gasteiger partial charge in [0.15, 0.2) is 5.96 Å². The average Bonchev–Trinajstić information content (AvgIpc) is 2.95. The minimum atomic E-state index is 0. The van der Waals surface area contributed by atoms with Gasteiger partial charge in [-0.05, 0) is 45.7 Å². The predicted octanol–water partition coefficient (Wildman–Crippen LogP) is 3.52. The summed E-state index contributed by atoms with van der Waals surface area (Å²) in [5.74, 6) is 0.827. The molecule has 0 aliphatic carbocycles. The molecule has 0 amide bonds. The Morgan fingerprint density at radius 2 is 1.78 bits per heavy atom. The van der Waals surface area contributed by atoms with Crippen molar-refractivity contribution in [1.29, 1.82) is 0 Å². The number of nitrogens with one attached hydrogen (secondary N) is 2. The molecule has 0 saturated carbocycles. The monoisotopic (exact) mass is 554 g/mol. The molecular formula is C24H39IN6O. The van der Waals surface area contributed by atoms with Gasteiger partial charge in [0, 0.05) is 51.0 Å². The number of rotatable bonds is 7. The first-order chi connectivity index (χ1) is 14.9. The fraction of sp³-hybridized carbons (Fsp3) is 0.583. The molecule has 0 spiro atoms. The molecule has 0 radical (unpaired) electrons. The van der Waals surface area contributed by atoms with Crippen LogP contribution in [0.25, 0.3) is 0 Å². The Hall–Kier alpha value is -1.65. The lowest BCUT2D eigenvalue weighted by molar-refractivity contribution is -0.0705. The molecule has 3 rings (SSSR count). The van der Waals surface area contributed by atoms with E-state index in [9.17, 15) is 0 Å². The number of hydrogen-bond donors (Lipinski definition) is 2. The molecule has 178 valence electrons. The second kappa shape index (κ2) is 12.6. The Morgan fingerprint density at radius 1 is 1.12 bits per heavy atom. The molecule has 1 aliphatic heterocycles. The topological polar surface area (TPSA) is 66.7 Å². The van der Waals surface area contributed by atoms with Crippen LogP contribution in [0.1, 0.15) is 48.8 Å². The van der Waals surface area contributed by atoms with Gasteiger partial charge in [-0.2, -0.15) is 5.10 Å². The maximum Gasteiger partial charge on any atom is 0.191 e. The lowest BCUT2D eigenvalue weighted by Crippen LogP contribution is -2.44. The molecule has 2 aromatic rings. The number of benzene rings is 1. The van der Waals surface area contributed by atoms with E-state index in [1.807, 2.05) is 11.7 Å². The predicted molar refractivity (Wildman–Crippen MR) is 141 cm³/mol. The van der Waals surface area contributed by atoms with Gasteiger partial charge in [0.05, 0.1) is 24.4 Å². The standard InChI is InChI=1S/C24H38N6O.HI/c1-7-25-24(27-13-23-19(4)28-29(6)20(23)5)26-12-21-10-8-9-11-22(21)16-30-14-17(2)31-18(3)15-30;/h8-11,17-18H,7,12-16H2,1-6H3,(H2,25,26,27);1H. The third-order valence-electron chi connectivity index (χ3n) is 5.85. The summed E-state index contributed by atoms with van der Waals surface area (Å²) in [5.41, 5.74) is 6.06. The van der Waals surface area contributed by atoms with Gasteiger partial charge in [0.2, 0.25) is 0 Å². The summed E-state index contributed by atoms with van der Waals surface area (Å²) in [7, 11) is 1.98. The summed E-state index contributed by atoms with van der Waals surface area (Å²) in [6, 6.07) is 8.62. The highest BCUT2D eigenvalue weighted by atomic mass is 127. The summed E-state index contributed by atoms with van der Waals surface area (Å²) in [5, 5.41) is 11.3. The van der Waals surface area contributed by atoms with E-state index in [0.717, 1.165) is 37.8 Å². The van der Waals surface area contributed by atoms with Gasteiger partial charge in [-0.1, -0.05) is 24.3 Å². The normalized spacial score (nSPS) is 19.5. The highest BCUT2D eigenvalue weighted by Crippen LogP contribution is 2.18. The van der Waals surface area contributed by atoms with Crippen LogP contribution in [-0.4, -0.2) is 52.5 Å². The average molecular weight is 555 g/mol. The minimum Gasteiger partial charge on any atom is -0.373 e. The van der Waals surface area contributed by atoms with Gasteiger partial charge in [-0.15, -0.1) is 24.0 Å². The minimum absolute atomic E-state index is 0. The van der Waals surface area contributed by atoms with Crippen molar-refractivity contribution in [1.82, 2.24) is 25.3 Å². The lowest BCUT2D eigenvalue weighted by atomic mass is 10.1. The second-order valence-electron chi connectivity index (χ2n) is 8.54. The largest absolute Gasteiger partial charge is 0.373 e. The molecule has 1 aromatic carbocycles. The van der Waals surface area contributed by atoms with Crippen molar-refractivity contribution in [2.75, 3.05) is 19.6 Å². The highest BCUT2D eigenvalue weighted by molar-refractivity contribution is 14.0. The van der Waals surface area contributed by atoms with E-state index in [4.69, 9.17) is 9.73 Å². The van der Waals surface area contributed by atoms with Gasteiger partial charge < -0.3 is 15.4 Å². The van der Waals surface area contributed by atoms with Gasteiger partial charge >= 0.3 is 0 Å². The molecule has 8 heteroatoms. The number of ether oxygens (including phenoxy) is 1. The van der Waals surface area contributed by atoms with Gasteiger partial charge in [0.25, 0.3) is 0 Å². The van der Waals surface area contributed by atoms with Crippen molar-refractivity contribution in [3.63, 3.8) is 0 Å². The van der Waals surface area contributed by atoms with Crippen LogP contribution in [-0.2, 0) is 31.4 Å². The molecule has 32 heavy (non-hydrogen) atoms. The molecule has 1 fully saturated rings. The molecular weight excluding hydrogens is 515 g/mol. The fourth-order valence-corrected chi connectivity index (χ4v) is 4.27. The number of aryl methyl sites for hydroxylation is 2.